The van der Waals surface area contributed by atoms with E-state index in [1.54, 1.807) is 0 Å². The lowest BCUT2D eigenvalue weighted by atomic mass is 9.75. The Labute approximate surface area is 89.3 Å². The molecule has 0 amide bonds. The van der Waals surface area contributed by atoms with E-state index in [9.17, 15) is 4.39 Å². The van der Waals surface area contributed by atoms with E-state index in [1.165, 1.54) is 0 Å². The normalized spacial score (nSPS) is 39.3. The lowest BCUT2D eigenvalue weighted by Gasteiger charge is -2.33. The largest absolute Gasteiger partial charge is 0.345 e. The first-order chi connectivity index (χ1) is 7.27. The summed E-state index contributed by atoms with van der Waals surface area (Å²) in [4.78, 5) is 0. The molecule has 2 fully saturated rings. The van der Waals surface area contributed by atoms with Gasteiger partial charge in [-0.1, -0.05) is 30.3 Å². The van der Waals surface area contributed by atoms with E-state index in [0.29, 0.717) is 13.0 Å². The Bertz CT molecular complexity index is 350. The van der Waals surface area contributed by atoms with Crippen LogP contribution in [0.4, 0.5) is 4.39 Å². The lowest BCUT2D eigenvalue weighted by molar-refractivity contribution is -0.128. The minimum Gasteiger partial charge on any atom is -0.345 e. The fourth-order valence-corrected chi connectivity index (χ4v) is 3.21. The van der Waals surface area contributed by atoms with Crippen LogP contribution in [0.25, 0.3) is 0 Å². The third kappa shape index (κ3) is 1.11. The van der Waals surface area contributed by atoms with Gasteiger partial charge in [0.25, 0.3) is 0 Å². The van der Waals surface area contributed by atoms with Crippen LogP contribution in [0.1, 0.15) is 31.2 Å². The molecule has 3 rings (SSSR count). The van der Waals surface area contributed by atoms with E-state index in [1.807, 2.05) is 30.3 Å². The van der Waals surface area contributed by atoms with Gasteiger partial charge in [-0.15, -0.1) is 0 Å². The molecular weight excluding hydrogens is 191 g/mol. The molecule has 0 N–H and O–H groups in total. The predicted octanol–water partition coefficient (Wildman–Crippen LogP) is 3.19. The van der Waals surface area contributed by atoms with E-state index in [0.717, 1.165) is 24.8 Å². The van der Waals surface area contributed by atoms with Gasteiger partial charge in [-0.25, -0.2) is 4.39 Å². The average Bonchev–Trinajstić information content (AvgIpc) is 2.73. The molecule has 1 aromatic carbocycles. The van der Waals surface area contributed by atoms with Gasteiger partial charge in [-0.2, -0.15) is 0 Å². The Morgan fingerprint density at radius 1 is 1.07 bits per heavy atom. The van der Waals surface area contributed by atoms with Crippen LogP contribution < -0.4 is 0 Å². The highest BCUT2D eigenvalue weighted by molar-refractivity contribution is 5.31. The van der Waals surface area contributed by atoms with E-state index in [4.69, 9.17) is 4.74 Å². The van der Waals surface area contributed by atoms with Crippen molar-refractivity contribution in [1.82, 2.24) is 0 Å². The highest BCUT2D eigenvalue weighted by Crippen LogP contribution is 2.57. The van der Waals surface area contributed by atoms with Crippen LogP contribution in [-0.2, 0) is 10.2 Å². The number of halogens is 1. The molecule has 0 radical (unpaired) electrons. The molecule has 1 aliphatic heterocycles. The van der Waals surface area contributed by atoms with Crippen LogP contribution in [-0.4, -0.2) is 12.5 Å². The summed E-state index contributed by atoms with van der Waals surface area (Å²) < 4.78 is 20.0. The van der Waals surface area contributed by atoms with E-state index < -0.39 is 5.85 Å². The van der Waals surface area contributed by atoms with E-state index >= 15 is 0 Å². The number of benzene rings is 1. The Balaban J connectivity index is 2.10. The molecule has 0 spiro atoms. The molecular formula is C13H15FO. The quantitative estimate of drug-likeness (QED) is 0.685. The summed E-state index contributed by atoms with van der Waals surface area (Å²) in [5.74, 6) is -1.39. The van der Waals surface area contributed by atoms with Crippen molar-refractivity contribution in [3.63, 3.8) is 0 Å². The number of rotatable bonds is 1. The summed E-state index contributed by atoms with van der Waals surface area (Å²) >= 11 is 0. The molecule has 0 unspecified atom stereocenters. The van der Waals surface area contributed by atoms with Crippen LogP contribution in [0, 0.1) is 0 Å². The van der Waals surface area contributed by atoms with Crippen molar-refractivity contribution >= 4 is 0 Å². The van der Waals surface area contributed by atoms with Crippen molar-refractivity contribution in [2.24, 2.45) is 0 Å². The van der Waals surface area contributed by atoms with Crippen molar-refractivity contribution in [2.75, 3.05) is 6.61 Å². The van der Waals surface area contributed by atoms with Crippen LogP contribution in [0.5, 0.6) is 0 Å². The summed E-state index contributed by atoms with van der Waals surface area (Å²) in [6.07, 6.45) is 3.24. The topological polar surface area (TPSA) is 9.23 Å². The maximum atomic E-state index is 14.6. The number of ether oxygens (including phenoxy) is 1. The zero-order chi connectivity index (χ0) is 10.4. The fourth-order valence-electron chi connectivity index (χ4n) is 3.21. The molecule has 2 atom stereocenters. The molecule has 15 heavy (non-hydrogen) atoms. The van der Waals surface area contributed by atoms with Gasteiger partial charge in [0, 0.05) is 6.42 Å². The highest BCUT2D eigenvalue weighted by atomic mass is 19.2. The molecule has 1 aliphatic carbocycles. The molecule has 0 bridgehead atoms. The van der Waals surface area contributed by atoms with Gasteiger partial charge in [-0.3, -0.25) is 0 Å². The Kier molecular flexibility index (Phi) is 1.90. The third-order valence-electron chi connectivity index (χ3n) is 4.00. The molecule has 1 nitrogen and oxygen atoms in total. The van der Waals surface area contributed by atoms with Gasteiger partial charge >= 0.3 is 0 Å². The maximum Gasteiger partial charge on any atom is 0.219 e. The Morgan fingerprint density at radius 3 is 2.67 bits per heavy atom. The second-order valence-corrected chi connectivity index (χ2v) is 4.63. The van der Waals surface area contributed by atoms with Gasteiger partial charge in [0.15, 0.2) is 0 Å². The van der Waals surface area contributed by atoms with Crippen molar-refractivity contribution < 1.29 is 9.13 Å². The summed E-state index contributed by atoms with van der Waals surface area (Å²) in [7, 11) is 0. The Hall–Kier alpha value is -0.890. The standard InChI is InChI=1S/C13H15FO/c14-13-8-4-7-12(13,9-10-15-13)11-5-2-1-3-6-11/h1-3,5-6H,4,7-10H2/t12-,13-/m0/s1. The lowest BCUT2D eigenvalue weighted by Crippen LogP contribution is -2.39. The predicted molar refractivity (Wildman–Crippen MR) is 56.4 cm³/mol. The van der Waals surface area contributed by atoms with Gasteiger partial charge in [0.2, 0.25) is 5.85 Å². The van der Waals surface area contributed by atoms with Gasteiger partial charge in [0.1, 0.15) is 0 Å². The second kappa shape index (κ2) is 3.05. The molecule has 1 saturated heterocycles. The van der Waals surface area contributed by atoms with Crippen LogP contribution in [0.15, 0.2) is 30.3 Å². The molecule has 2 heteroatoms. The first-order valence-electron chi connectivity index (χ1n) is 5.65. The van der Waals surface area contributed by atoms with E-state index in [-0.39, 0.29) is 5.41 Å². The van der Waals surface area contributed by atoms with Gasteiger partial charge in [-0.05, 0) is 24.8 Å². The third-order valence-corrected chi connectivity index (χ3v) is 4.00. The molecule has 2 aliphatic rings. The molecule has 1 aromatic rings. The summed E-state index contributed by atoms with van der Waals surface area (Å²) in [6, 6.07) is 10.0. The van der Waals surface area contributed by atoms with Gasteiger partial charge < -0.3 is 4.74 Å². The summed E-state index contributed by atoms with van der Waals surface area (Å²) in [5, 5.41) is 0. The SMILES string of the molecule is F[C@]12CCC[C@@]1(c1ccccc1)CCO2. The van der Waals surface area contributed by atoms with Crippen LogP contribution in [0.2, 0.25) is 0 Å². The first kappa shape index (κ1) is 9.34. The van der Waals surface area contributed by atoms with E-state index in [2.05, 4.69) is 0 Å². The molecule has 1 heterocycles. The number of hydrogen-bond acceptors (Lipinski definition) is 1. The second-order valence-electron chi connectivity index (χ2n) is 4.63. The van der Waals surface area contributed by atoms with Gasteiger partial charge in [0.05, 0.1) is 12.0 Å². The van der Waals surface area contributed by atoms with Crippen molar-refractivity contribution in [1.29, 1.82) is 0 Å². The number of alkyl halides is 1. The Morgan fingerprint density at radius 2 is 1.87 bits per heavy atom. The molecule has 80 valence electrons. The highest BCUT2D eigenvalue weighted by Gasteiger charge is 2.61. The summed E-state index contributed by atoms with van der Waals surface area (Å²) in [5.41, 5.74) is 0.761. The smallest absolute Gasteiger partial charge is 0.219 e. The number of hydrogen-bond donors (Lipinski definition) is 0. The van der Waals surface area contributed by atoms with Crippen LogP contribution >= 0.6 is 0 Å². The summed E-state index contributed by atoms with van der Waals surface area (Å²) in [6.45, 7) is 0.561. The average molecular weight is 206 g/mol. The zero-order valence-corrected chi connectivity index (χ0v) is 8.71. The minimum absolute atomic E-state index is 0.353. The van der Waals surface area contributed by atoms with Crippen LogP contribution in [0.3, 0.4) is 0 Å². The fraction of sp³-hybridized carbons (Fsp3) is 0.538. The molecule has 1 saturated carbocycles. The van der Waals surface area contributed by atoms with Crippen molar-refractivity contribution in [2.45, 2.75) is 37.0 Å². The first-order valence-corrected chi connectivity index (χ1v) is 5.65. The number of fused-ring (bicyclic) bond motifs is 1. The molecule has 0 aromatic heterocycles. The van der Waals surface area contributed by atoms with Crippen molar-refractivity contribution in [3.8, 4) is 0 Å². The monoisotopic (exact) mass is 206 g/mol. The maximum absolute atomic E-state index is 14.6. The van der Waals surface area contributed by atoms with Crippen molar-refractivity contribution in [3.05, 3.63) is 35.9 Å². The zero-order valence-electron chi connectivity index (χ0n) is 8.71. The minimum atomic E-state index is -1.39.